The lowest BCUT2D eigenvalue weighted by Crippen LogP contribution is -2.28. The zero-order chi connectivity index (χ0) is 15.7. The molecule has 0 saturated heterocycles. The zero-order valence-corrected chi connectivity index (χ0v) is 14.5. The van der Waals surface area contributed by atoms with Crippen LogP contribution in [-0.2, 0) is 10.8 Å². The van der Waals surface area contributed by atoms with Crippen molar-refractivity contribution in [2.75, 3.05) is 18.9 Å². The summed E-state index contributed by atoms with van der Waals surface area (Å²) >= 11 is 0. The van der Waals surface area contributed by atoms with Crippen molar-refractivity contribution in [3.8, 4) is 5.75 Å². The van der Waals surface area contributed by atoms with Crippen LogP contribution in [0.4, 0.5) is 0 Å². The predicted molar refractivity (Wildman–Crippen MR) is 91.4 cm³/mol. The van der Waals surface area contributed by atoms with E-state index in [4.69, 9.17) is 4.74 Å². The maximum Gasteiger partial charge on any atom is 0.119 e. The van der Waals surface area contributed by atoms with Crippen LogP contribution in [0.15, 0.2) is 24.3 Å². The normalized spacial score (nSPS) is 15.4. The molecule has 1 N–H and O–H groups in total. The molecule has 4 heteroatoms. The lowest BCUT2D eigenvalue weighted by Gasteiger charge is -2.20. The molecular formula is C17H29NO2S. The van der Waals surface area contributed by atoms with Gasteiger partial charge in [0.15, 0.2) is 0 Å². The first-order chi connectivity index (χ1) is 10.1. The summed E-state index contributed by atoms with van der Waals surface area (Å²) in [4.78, 5) is 0. The van der Waals surface area contributed by atoms with Gasteiger partial charge in [0.2, 0.25) is 0 Å². The third-order valence-electron chi connectivity index (χ3n) is 3.56. The van der Waals surface area contributed by atoms with Crippen molar-refractivity contribution in [1.82, 2.24) is 5.32 Å². The molecule has 0 fully saturated rings. The Hall–Kier alpha value is -0.870. The average Bonchev–Trinajstić information content (AvgIpc) is 2.52. The van der Waals surface area contributed by atoms with Crippen molar-refractivity contribution >= 4 is 10.8 Å². The average molecular weight is 311 g/mol. The Morgan fingerprint density at radius 3 is 2.38 bits per heavy atom. The van der Waals surface area contributed by atoms with E-state index in [2.05, 4.69) is 45.1 Å². The lowest BCUT2D eigenvalue weighted by atomic mass is 10.1. The van der Waals surface area contributed by atoms with Crippen LogP contribution < -0.4 is 10.1 Å². The molecule has 21 heavy (non-hydrogen) atoms. The monoisotopic (exact) mass is 311 g/mol. The molecule has 1 rings (SSSR count). The van der Waals surface area contributed by atoms with Gasteiger partial charge in [0.25, 0.3) is 0 Å². The number of benzene rings is 1. The fraction of sp³-hybridized carbons (Fsp3) is 0.647. The fourth-order valence-electron chi connectivity index (χ4n) is 2.05. The molecule has 3 atom stereocenters. The predicted octanol–water partition coefficient (Wildman–Crippen LogP) is 3.67. The molecule has 1 aromatic rings. The van der Waals surface area contributed by atoms with Gasteiger partial charge in [-0.05, 0) is 37.1 Å². The van der Waals surface area contributed by atoms with Crippen LogP contribution in [0.5, 0.6) is 5.75 Å². The number of hydrogen-bond acceptors (Lipinski definition) is 3. The summed E-state index contributed by atoms with van der Waals surface area (Å²) in [6.07, 6.45) is 1.96. The van der Waals surface area contributed by atoms with Crippen molar-refractivity contribution in [1.29, 1.82) is 0 Å². The van der Waals surface area contributed by atoms with E-state index in [1.807, 2.05) is 12.1 Å². The zero-order valence-electron chi connectivity index (χ0n) is 13.7. The Labute approximate surface area is 131 Å². The van der Waals surface area contributed by atoms with Crippen LogP contribution in [0.3, 0.4) is 0 Å². The molecule has 1 aromatic carbocycles. The molecule has 0 saturated carbocycles. The highest BCUT2D eigenvalue weighted by atomic mass is 32.2. The van der Waals surface area contributed by atoms with Crippen molar-refractivity contribution in [2.45, 2.75) is 51.8 Å². The second-order valence-corrected chi connectivity index (χ2v) is 7.19. The maximum absolute atomic E-state index is 12.3. The van der Waals surface area contributed by atoms with E-state index >= 15 is 0 Å². The van der Waals surface area contributed by atoms with Gasteiger partial charge in [-0.1, -0.05) is 39.8 Å². The minimum atomic E-state index is -0.801. The van der Waals surface area contributed by atoms with E-state index < -0.39 is 10.8 Å². The Balaban J connectivity index is 2.73. The summed E-state index contributed by atoms with van der Waals surface area (Å²) in [6.45, 7) is 9.94. The molecule has 0 aromatic heterocycles. The highest BCUT2D eigenvalue weighted by molar-refractivity contribution is 7.85. The number of hydrogen-bond donors (Lipinski definition) is 1. The van der Waals surface area contributed by atoms with Crippen LogP contribution in [0.25, 0.3) is 0 Å². The van der Waals surface area contributed by atoms with E-state index in [0.29, 0.717) is 5.75 Å². The molecule has 0 spiro atoms. The summed E-state index contributed by atoms with van der Waals surface area (Å²) < 4.78 is 17.9. The van der Waals surface area contributed by atoms with Crippen molar-refractivity contribution in [3.63, 3.8) is 0 Å². The molecule has 0 aliphatic carbocycles. The highest BCUT2D eigenvalue weighted by Gasteiger charge is 2.17. The molecule has 3 unspecified atom stereocenters. The van der Waals surface area contributed by atoms with Gasteiger partial charge < -0.3 is 10.1 Å². The minimum Gasteiger partial charge on any atom is -0.494 e. The molecule has 0 aliphatic heterocycles. The van der Waals surface area contributed by atoms with Crippen LogP contribution in [-0.4, -0.2) is 28.4 Å². The molecular weight excluding hydrogens is 282 g/mol. The summed E-state index contributed by atoms with van der Waals surface area (Å²) in [5, 5.41) is 3.69. The molecule has 0 bridgehead atoms. The third-order valence-corrected chi connectivity index (χ3v) is 5.45. The largest absolute Gasteiger partial charge is 0.494 e. The van der Waals surface area contributed by atoms with E-state index in [-0.39, 0.29) is 11.3 Å². The van der Waals surface area contributed by atoms with Gasteiger partial charge >= 0.3 is 0 Å². The fourth-order valence-corrected chi connectivity index (χ4v) is 3.39. The Bertz CT molecular complexity index is 419. The Morgan fingerprint density at radius 2 is 1.86 bits per heavy atom. The molecule has 0 radical (unpaired) electrons. The van der Waals surface area contributed by atoms with Gasteiger partial charge in [0.05, 0.1) is 6.61 Å². The standard InChI is InChI=1S/C17H29NO2S/c1-5-12-20-16-10-8-15(9-11-16)17(18-7-3)13-21(19)14(4)6-2/h8-11,14,17-18H,5-7,12-13H2,1-4H3. The quantitative estimate of drug-likeness (QED) is 0.716. The molecule has 120 valence electrons. The van der Waals surface area contributed by atoms with Gasteiger partial charge in [0.1, 0.15) is 5.75 Å². The molecule has 0 aliphatic rings. The Morgan fingerprint density at radius 1 is 1.19 bits per heavy atom. The number of nitrogens with one attached hydrogen (secondary N) is 1. The minimum absolute atomic E-state index is 0.144. The SMILES string of the molecule is CCCOc1ccc(C(CS(=O)C(C)CC)NCC)cc1. The maximum atomic E-state index is 12.3. The first kappa shape index (κ1) is 18.2. The van der Waals surface area contributed by atoms with E-state index in [9.17, 15) is 4.21 Å². The van der Waals surface area contributed by atoms with Crippen molar-refractivity contribution in [3.05, 3.63) is 29.8 Å². The van der Waals surface area contributed by atoms with Crippen molar-refractivity contribution < 1.29 is 8.95 Å². The second-order valence-electron chi connectivity index (χ2n) is 5.29. The topological polar surface area (TPSA) is 38.3 Å². The molecule has 3 nitrogen and oxygen atoms in total. The first-order valence-corrected chi connectivity index (χ1v) is 9.33. The van der Waals surface area contributed by atoms with Crippen LogP contribution >= 0.6 is 0 Å². The second kappa shape index (κ2) is 9.96. The highest BCUT2D eigenvalue weighted by Crippen LogP contribution is 2.20. The van der Waals surface area contributed by atoms with Gasteiger partial charge in [-0.15, -0.1) is 0 Å². The van der Waals surface area contributed by atoms with Gasteiger partial charge in [0, 0.05) is 27.8 Å². The third kappa shape index (κ3) is 6.18. The van der Waals surface area contributed by atoms with Crippen molar-refractivity contribution in [2.24, 2.45) is 0 Å². The van der Waals surface area contributed by atoms with Gasteiger partial charge in [-0.3, -0.25) is 4.21 Å². The van der Waals surface area contributed by atoms with Gasteiger partial charge in [-0.2, -0.15) is 0 Å². The molecule has 0 heterocycles. The van der Waals surface area contributed by atoms with Gasteiger partial charge in [-0.25, -0.2) is 0 Å². The van der Waals surface area contributed by atoms with E-state index in [1.165, 1.54) is 5.56 Å². The van der Waals surface area contributed by atoms with Crippen LogP contribution in [0.2, 0.25) is 0 Å². The van der Waals surface area contributed by atoms with Crippen LogP contribution in [0.1, 0.15) is 52.1 Å². The summed E-state index contributed by atoms with van der Waals surface area (Å²) in [5.41, 5.74) is 1.18. The van der Waals surface area contributed by atoms with E-state index in [1.54, 1.807) is 0 Å². The summed E-state index contributed by atoms with van der Waals surface area (Å²) in [5.74, 6) is 1.57. The van der Waals surface area contributed by atoms with E-state index in [0.717, 1.165) is 31.7 Å². The Kier molecular flexibility index (Phi) is 8.62. The summed E-state index contributed by atoms with van der Waals surface area (Å²) in [7, 11) is -0.801. The van der Waals surface area contributed by atoms with Crippen LogP contribution in [0, 0.1) is 0 Å². The lowest BCUT2D eigenvalue weighted by molar-refractivity contribution is 0.317. The first-order valence-electron chi connectivity index (χ1n) is 7.95. The number of rotatable bonds is 10. The summed E-state index contributed by atoms with van der Waals surface area (Å²) in [6, 6.07) is 8.30. The molecule has 0 amide bonds. The number of ether oxygens (including phenoxy) is 1. The smallest absolute Gasteiger partial charge is 0.119 e.